The molecule has 166 valence electrons. The molecule has 3 unspecified atom stereocenters. The molecule has 2 nitrogen and oxygen atoms in total. The van der Waals surface area contributed by atoms with E-state index in [1.165, 1.54) is 70.6 Å². The van der Waals surface area contributed by atoms with Crippen molar-refractivity contribution in [1.82, 2.24) is 4.90 Å². The predicted octanol–water partition coefficient (Wildman–Crippen LogP) is 7.59. The van der Waals surface area contributed by atoms with Gasteiger partial charge in [0.25, 0.3) is 0 Å². The van der Waals surface area contributed by atoms with Crippen LogP contribution in [-0.2, 0) is 0 Å². The molecule has 0 spiro atoms. The standard InChI is InChI=1S/C23H48ClNO.ClH/c1-5-8-9-10-11-12-13-14-15-16-17-18-22(24)20-23(19-21(4)26)25(6-2)7-3;/h21-23,26H,5-20H2,1-4H3;1H. The summed E-state index contributed by atoms with van der Waals surface area (Å²) in [6.07, 6.45) is 17.9. The van der Waals surface area contributed by atoms with E-state index < -0.39 is 0 Å². The largest absolute Gasteiger partial charge is 0.393 e. The number of alkyl halides is 1. The maximum Gasteiger partial charge on any atom is 0.0527 e. The van der Waals surface area contributed by atoms with Gasteiger partial charge < -0.3 is 10.0 Å². The third-order valence-corrected chi connectivity index (χ3v) is 5.99. The Balaban J connectivity index is 0. The van der Waals surface area contributed by atoms with Gasteiger partial charge in [-0.3, -0.25) is 0 Å². The Labute approximate surface area is 182 Å². The molecule has 0 rings (SSSR count). The third kappa shape index (κ3) is 18.3. The number of nitrogens with zero attached hydrogens (tertiary/aromatic N) is 1. The molecule has 0 bridgehead atoms. The van der Waals surface area contributed by atoms with Crippen LogP contribution in [0.1, 0.15) is 118 Å². The summed E-state index contributed by atoms with van der Waals surface area (Å²) < 4.78 is 0. The number of rotatable bonds is 19. The van der Waals surface area contributed by atoms with Gasteiger partial charge in [0.05, 0.1) is 6.10 Å². The Hall–Kier alpha value is 0.500. The number of halogens is 2. The summed E-state index contributed by atoms with van der Waals surface area (Å²) in [7, 11) is 0. The molecule has 4 heteroatoms. The van der Waals surface area contributed by atoms with Crippen molar-refractivity contribution in [1.29, 1.82) is 0 Å². The zero-order chi connectivity index (χ0) is 19.6. The van der Waals surface area contributed by atoms with E-state index in [1.807, 2.05) is 6.92 Å². The summed E-state index contributed by atoms with van der Waals surface area (Å²) in [4.78, 5) is 2.45. The SMILES string of the molecule is CCCCCCCCCCCCCC(Cl)CC(CC(C)O)N(CC)CC.Cl. The second-order valence-corrected chi connectivity index (χ2v) is 8.73. The average molecular weight is 427 g/mol. The Kier molecular flexibility index (Phi) is 23.3. The maximum absolute atomic E-state index is 9.78. The minimum atomic E-state index is -0.244. The molecule has 0 aliphatic rings. The fourth-order valence-electron chi connectivity index (χ4n) is 3.97. The monoisotopic (exact) mass is 425 g/mol. The summed E-state index contributed by atoms with van der Waals surface area (Å²) in [5, 5.41) is 10.0. The molecule has 0 amide bonds. The van der Waals surface area contributed by atoms with Crippen LogP contribution in [0.15, 0.2) is 0 Å². The molecule has 1 N–H and O–H groups in total. The molecular formula is C23H49Cl2NO. The highest BCUT2D eigenvalue weighted by atomic mass is 35.5. The minimum Gasteiger partial charge on any atom is -0.393 e. The zero-order valence-corrected chi connectivity index (χ0v) is 20.3. The number of unbranched alkanes of at least 4 members (excludes halogenated alkanes) is 10. The van der Waals surface area contributed by atoms with Crippen LogP contribution in [-0.4, -0.2) is 40.6 Å². The van der Waals surface area contributed by atoms with Crippen LogP contribution >= 0.6 is 24.0 Å². The van der Waals surface area contributed by atoms with Crippen LogP contribution in [0.3, 0.4) is 0 Å². The van der Waals surface area contributed by atoms with Crippen LogP contribution in [0, 0.1) is 0 Å². The summed E-state index contributed by atoms with van der Waals surface area (Å²) >= 11 is 6.63. The van der Waals surface area contributed by atoms with Crippen LogP contribution in [0.25, 0.3) is 0 Å². The van der Waals surface area contributed by atoms with E-state index in [0.29, 0.717) is 6.04 Å². The van der Waals surface area contributed by atoms with Crippen LogP contribution in [0.5, 0.6) is 0 Å². The van der Waals surface area contributed by atoms with Crippen molar-refractivity contribution in [3.05, 3.63) is 0 Å². The van der Waals surface area contributed by atoms with Crippen LogP contribution < -0.4 is 0 Å². The molecule has 0 radical (unpaired) electrons. The van der Waals surface area contributed by atoms with Gasteiger partial charge in [-0.05, 0) is 39.3 Å². The molecule has 0 fully saturated rings. The number of aliphatic hydroxyl groups is 1. The lowest BCUT2D eigenvalue weighted by Crippen LogP contribution is -2.38. The molecular weight excluding hydrogens is 377 g/mol. The van der Waals surface area contributed by atoms with Gasteiger partial charge in [-0.1, -0.05) is 91.4 Å². The second kappa shape index (κ2) is 21.2. The summed E-state index contributed by atoms with van der Waals surface area (Å²) in [6.45, 7) is 10.6. The number of hydrogen-bond donors (Lipinski definition) is 1. The zero-order valence-electron chi connectivity index (χ0n) is 18.7. The molecule has 0 aromatic carbocycles. The fourth-order valence-corrected chi connectivity index (χ4v) is 4.33. The van der Waals surface area contributed by atoms with E-state index in [1.54, 1.807) is 0 Å². The van der Waals surface area contributed by atoms with Gasteiger partial charge in [0, 0.05) is 11.4 Å². The van der Waals surface area contributed by atoms with Gasteiger partial charge in [0.1, 0.15) is 0 Å². The molecule has 27 heavy (non-hydrogen) atoms. The molecule has 3 atom stereocenters. The van der Waals surface area contributed by atoms with E-state index in [-0.39, 0.29) is 23.9 Å². The van der Waals surface area contributed by atoms with E-state index in [4.69, 9.17) is 11.6 Å². The lowest BCUT2D eigenvalue weighted by atomic mass is 9.99. The Morgan fingerprint density at radius 2 is 1.19 bits per heavy atom. The number of hydrogen-bond acceptors (Lipinski definition) is 2. The van der Waals surface area contributed by atoms with Crippen molar-refractivity contribution in [3.63, 3.8) is 0 Å². The van der Waals surface area contributed by atoms with E-state index in [0.717, 1.165) is 32.4 Å². The Bertz CT molecular complexity index is 286. The molecule has 0 aromatic heterocycles. The van der Waals surface area contributed by atoms with Gasteiger partial charge >= 0.3 is 0 Å². The fraction of sp³-hybridized carbons (Fsp3) is 1.00. The molecule has 0 aliphatic carbocycles. The molecule has 0 saturated heterocycles. The van der Waals surface area contributed by atoms with Crippen LogP contribution in [0.2, 0.25) is 0 Å². The van der Waals surface area contributed by atoms with Crippen molar-refractivity contribution < 1.29 is 5.11 Å². The number of aliphatic hydroxyl groups excluding tert-OH is 1. The first kappa shape index (κ1) is 29.7. The molecule has 0 aliphatic heterocycles. The van der Waals surface area contributed by atoms with Crippen molar-refractivity contribution in [2.24, 2.45) is 0 Å². The highest BCUT2D eigenvalue weighted by Gasteiger charge is 2.21. The van der Waals surface area contributed by atoms with Crippen molar-refractivity contribution in [2.45, 2.75) is 135 Å². The summed E-state index contributed by atoms with van der Waals surface area (Å²) in [5.41, 5.74) is 0. The van der Waals surface area contributed by atoms with E-state index >= 15 is 0 Å². The first-order valence-corrected chi connectivity index (χ1v) is 12.0. The summed E-state index contributed by atoms with van der Waals surface area (Å²) in [5.74, 6) is 0. The molecule has 0 heterocycles. The van der Waals surface area contributed by atoms with Crippen molar-refractivity contribution >= 4 is 24.0 Å². The Morgan fingerprint density at radius 3 is 1.59 bits per heavy atom. The highest BCUT2D eigenvalue weighted by molar-refractivity contribution is 6.20. The maximum atomic E-state index is 9.78. The lowest BCUT2D eigenvalue weighted by Gasteiger charge is -2.32. The quantitative estimate of drug-likeness (QED) is 0.170. The van der Waals surface area contributed by atoms with Gasteiger partial charge in [0.2, 0.25) is 0 Å². The van der Waals surface area contributed by atoms with Crippen LogP contribution in [0.4, 0.5) is 0 Å². The topological polar surface area (TPSA) is 23.5 Å². The van der Waals surface area contributed by atoms with Gasteiger partial charge in [0.15, 0.2) is 0 Å². The predicted molar refractivity (Wildman–Crippen MR) is 126 cm³/mol. The minimum absolute atomic E-state index is 0. The van der Waals surface area contributed by atoms with Crippen molar-refractivity contribution in [2.75, 3.05) is 13.1 Å². The van der Waals surface area contributed by atoms with E-state index in [2.05, 4.69) is 25.7 Å². The third-order valence-electron chi connectivity index (χ3n) is 5.59. The highest BCUT2D eigenvalue weighted by Crippen LogP contribution is 2.21. The van der Waals surface area contributed by atoms with Gasteiger partial charge in [-0.15, -0.1) is 24.0 Å². The summed E-state index contributed by atoms with van der Waals surface area (Å²) in [6, 6.07) is 0.417. The lowest BCUT2D eigenvalue weighted by molar-refractivity contribution is 0.112. The first-order valence-electron chi connectivity index (χ1n) is 11.6. The first-order chi connectivity index (χ1) is 12.5. The normalized spacial score (nSPS) is 14.8. The van der Waals surface area contributed by atoms with Gasteiger partial charge in [-0.2, -0.15) is 0 Å². The van der Waals surface area contributed by atoms with E-state index in [9.17, 15) is 5.11 Å². The Morgan fingerprint density at radius 1 is 0.741 bits per heavy atom. The average Bonchev–Trinajstić information content (AvgIpc) is 2.60. The molecule has 0 aromatic rings. The molecule has 0 saturated carbocycles. The van der Waals surface area contributed by atoms with Gasteiger partial charge in [-0.25, -0.2) is 0 Å². The van der Waals surface area contributed by atoms with Crippen molar-refractivity contribution in [3.8, 4) is 0 Å². The smallest absolute Gasteiger partial charge is 0.0527 e. The second-order valence-electron chi connectivity index (χ2n) is 8.12.